The van der Waals surface area contributed by atoms with Crippen molar-refractivity contribution in [1.82, 2.24) is 14.7 Å². The average molecular weight is 367 g/mol. The van der Waals surface area contributed by atoms with Crippen LogP contribution < -0.4 is 10.6 Å². The van der Waals surface area contributed by atoms with Crippen molar-refractivity contribution in [2.24, 2.45) is 0 Å². The average Bonchev–Trinajstić information content (AvgIpc) is 3.08. The Kier molecular flexibility index (Phi) is 5.59. The Bertz CT molecular complexity index is 830. The number of likely N-dealkylation sites (tertiary alicyclic amines) is 1. The number of hydrogen-bond donors (Lipinski definition) is 2. The summed E-state index contributed by atoms with van der Waals surface area (Å²) in [5, 5.41) is 10.1. The smallest absolute Gasteiger partial charge is 0.323 e. The molecule has 27 heavy (non-hydrogen) atoms. The van der Waals surface area contributed by atoms with Gasteiger partial charge in [-0.1, -0.05) is 38.6 Å². The molecule has 0 radical (unpaired) electrons. The van der Waals surface area contributed by atoms with Gasteiger partial charge in [0.15, 0.2) is 0 Å². The van der Waals surface area contributed by atoms with Gasteiger partial charge in [0.1, 0.15) is 0 Å². The second-order valence-corrected chi connectivity index (χ2v) is 6.55. The van der Waals surface area contributed by atoms with Crippen molar-refractivity contribution in [2.45, 2.75) is 32.7 Å². The SMILES string of the molecule is C=CC(=O)N1CC(n2cc(NC(=O)Nc3c(CC)cccc3CC)cn2)C1. The van der Waals surface area contributed by atoms with E-state index in [0.29, 0.717) is 18.8 Å². The Balaban J connectivity index is 1.61. The number of nitrogens with one attached hydrogen (secondary N) is 2. The lowest BCUT2D eigenvalue weighted by molar-refractivity contribution is -0.131. The molecule has 1 saturated heterocycles. The van der Waals surface area contributed by atoms with Gasteiger partial charge in [0.2, 0.25) is 5.91 Å². The van der Waals surface area contributed by atoms with Gasteiger partial charge in [0.05, 0.1) is 17.9 Å². The number of benzene rings is 1. The highest BCUT2D eigenvalue weighted by molar-refractivity contribution is 6.00. The highest BCUT2D eigenvalue weighted by atomic mass is 16.2. The molecule has 7 heteroatoms. The molecule has 3 rings (SSSR count). The molecule has 0 aliphatic carbocycles. The van der Waals surface area contributed by atoms with Crippen LogP contribution in [0.4, 0.5) is 16.2 Å². The number of amides is 3. The lowest BCUT2D eigenvalue weighted by atomic mass is 10.0. The highest BCUT2D eigenvalue weighted by Crippen LogP contribution is 2.24. The van der Waals surface area contributed by atoms with Crippen molar-refractivity contribution >= 4 is 23.3 Å². The van der Waals surface area contributed by atoms with Crippen molar-refractivity contribution in [3.8, 4) is 0 Å². The third-order valence-corrected chi connectivity index (χ3v) is 4.82. The molecular weight excluding hydrogens is 342 g/mol. The second-order valence-electron chi connectivity index (χ2n) is 6.55. The minimum atomic E-state index is -0.290. The monoisotopic (exact) mass is 367 g/mol. The van der Waals surface area contributed by atoms with Gasteiger partial charge in [0.25, 0.3) is 0 Å². The van der Waals surface area contributed by atoms with Gasteiger partial charge in [-0.3, -0.25) is 9.48 Å². The number of hydrogen-bond acceptors (Lipinski definition) is 3. The molecule has 0 unspecified atom stereocenters. The summed E-state index contributed by atoms with van der Waals surface area (Å²) in [4.78, 5) is 25.7. The molecule has 7 nitrogen and oxygen atoms in total. The van der Waals surface area contributed by atoms with Crippen LogP contribution in [-0.2, 0) is 17.6 Å². The fourth-order valence-corrected chi connectivity index (χ4v) is 3.21. The fourth-order valence-electron chi connectivity index (χ4n) is 3.21. The van der Waals surface area contributed by atoms with Crippen LogP contribution in [0.15, 0.2) is 43.2 Å². The number of carbonyl (C=O) groups is 2. The summed E-state index contributed by atoms with van der Waals surface area (Å²) in [7, 11) is 0. The van der Waals surface area contributed by atoms with Gasteiger partial charge < -0.3 is 15.5 Å². The molecule has 2 N–H and O–H groups in total. The van der Waals surface area contributed by atoms with Crippen LogP contribution in [0, 0.1) is 0 Å². The number of anilines is 2. The predicted molar refractivity (Wildman–Crippen MR) is 106 cm³/mol. The summed E-state index contributed by atoms with van der Waals surface area (Å²) in [6.45, 7) is 8.83. The molecule has 1 aromatic carbocycles. The first-order valence-corrected chi connectivity index (χ1v) is 9.20. The molecule has 2 heterocycles. The minimum absolute atomic E-state index is 0.0718. The van der Waals surface area contributed by atoms with E-state index in [1.807, 2.05) is 18.2 Å². The van der Waals surface area contributed by atoms with Gasteiger partial charge in [0, 0.05) is 25.0 Å². The Hall–Kier alpha value is -3.09. The summed E-state index contributed by atoms with van der Waals surface area (Å²) in [6.07, 6.45) is 6.41. The van der Waals surface area contributed by atoms with E-state index >= 15 is 0 Å². The number of rotatable bonds is 6. The maximum atomic E-state index is 12.4. The standard InChI is InChI=1S/C20H25N5O2/c1-4-14-8-7-9-15(5-2)19(14)23-20(27)22-16-10-21-25(11-16)17-12-24(13-17)18(26)6-3/h6-11,17H,3-5,12-13H2,1-2H3,(H2,22,23,27). The van der Waals surface area contributed by atoms with Crippen LogP contribution in [0.5, 0.6) is 0 Å². The van der Waals surface area contributed by atoms with Crippen LogP contribution in [0.1, 0.15) is 31.0 Å². The zero-order valence-electron chi connectivity index (χ0n) is 15.7. The molecule has 0 saturated carbocycles. The van der Waals surface area contributed by atoms with Gasteiger partial charge in [-0.2, -0.15) is 5.10 Å². The Morgan fingerprint density at radius 1 is 1.22 bits per heavy atom. The van der Waals surface area contributed by atoms with E-state index in [4.69, 9.17) is 0 Å². The highest BCUT2D eigenvalue weighted by Gasteiger charge is 2.31. The van der Waals surface area contributed by atoms with Crippen LogP contribution in [0.25, 0.3) is 0 Å². The second kappa shape index (κ2) is 8.07. The van der Waals surface area contributed by atoms with Crippen molar-refractivity contribution in [3.05, 3.63) is 54.4 Å². The molecule has 1 aliphatic heterocycles. The van der Waals surface area contributed by atoms with Crippen LogP contribution in [-0.4, -0.2) is 39.7 Å². The van der Waals surface area contributed by atoms with E-state index in [2.05, 4.69) is 36.2 Å². The Morgan fingerprint density at radius 3 is 2.48 bits per heavy atom. The van der Waals surface area contributed by atoms with Crippen LogP contribution >= 0.6 is 0 Å². The van der Waals surface area contributed by atoms with Gasteiger partial charge >= 0.3 is 6.03 Å². The van der Waals surface area contributed by atoms with E-state index in [1.54, 1.807) is 22.0 Å². The molecule has 0 spiro atoms. The number of para-hydroxylation sites is 1. The molecule has 3 amide bonds. The number of aryl methyl sites for hydroxylation is 2. The van der Waals surface area contributed by atoms with Gasteiger partial charge in [-0.15, -0.1) is 0 Å². The molecule has 0 atom stereocenters. The largest absolute Gasteiger partial charge is 0.335 e. The van der Waals surface area contributed by atoms with Crippen LogP contribution in [0.3, 0.4) is 0 Å². The maximum absolute atomic E-state index is 12.4. The minimum Gasteiger partial charge on any atom is -0.335 e. The van der Waals surface area contributed by atoms with Gasteiger partial charge in [-0.25, -0.2) is 4.79 Å². The van der Waals surface area contributed by atoms with Crippen molar-refractivity contribution < 1.29 is 9.59 Å². The van der Waals surface area contributed by atoms with E-state index < -0.39 is 0 Å². The summed E-state index contributed by atoms with van der Waals surface area (Å²) in [5.74, 6) is -0.0718. The topological polar surface area (TPSA) is 79.3 Å². The number of aromatic nitrogens is 2. The molecule has 1 aromatic heterocycles. The molecule has 2 aromatic rings. The molecule has 0 bridgehead atoms. The van der Waals surface area contributed by atoms with E-state index in [1.165, 1.54) is 6.08 Å². The van der Waals surface area contributed by atoms with E-state index in [0.717, 1.165) is 29.7 Å². The normalized spacial score (nSPS) is 13.8. The molecule has 1 aliphatic rings. The zero-order chi connectivity index (χ0) is 19.4. The lowest BCUT2D eigenvalue weighted by Gasteiger charge is -2.38. The zero-order valence-corrected chi connectivity index (χ0v) is 15.7. The Labute approximate surface area is 159 Å². The first-order chi connectivity index (χ1) is 13.0. The lowest BCUT2D eigenvalue weighted by Crippen LogP contribution is -2.50. The summed E-state index contributed by atoms with van der Waals surface area (Å²) in [6, 6.07) is 5.91. The third kappa shape index (κ3) is 4.02. The van der Waals surface area contributed by atoms with E-state index in [9.17, 15) is 9.59 Å². The third-order valence-electron chi connectivity index (χ3n) is 4.82. The van der Waals surface area contributed by atoms with Crippen LogP contribution in [0.2, 0.25) is 0 Å². The summed E-state index contributed by atoms with van der Waals surface area (Å²) >= 11 is 0. The first-order valence-electron chi connectivity index (χ1n) is 9.20. The van der Waals surface area contributed by atoms with Crippen molar-refractivity contribution in [3.63, 3.8) is 0 Å². The summed E-state index contributed by atoms with van der Waals surface area (Å²) < 4.78 is 1.78. The fraction of sp³-hybridized carbons (Fsp3) is 0.350. The Morgan fingerprint density at radius 2 is 1.89 bits per heavy atom. The van der Waals surface area contributed by atoms with Gasteiger partial charge in [-0.05, 0) is 30.0 Å². The summed E-state index contributed by atoms with van der Waals surface area (Å²) in [5.41, 5.74) is 3.72. The predicted octanol–water partition coefficient (Wildman–Crippen LogP) is 3.22. The number of urea groups is 1. The number of carbonyl (C=O) groups excluding carboxylic acids is 2. The maximum Gasteiger partial charge on any atom is 0.323 e. The van der Waals surface area contributed by atoms with Crippen molar-refractivity contribution in [1.29, 1.82) is 0 Å². The quantitative estimate of drug-likeness (QED) is 0.770. The molecule has 142 valence electrons. The molecular formula is C20H25N5O2. The molecule has 1 fully saturated rings. The van der Waals surface area contributed by atoms with E-state index in [-0.39, 0.29) is 18.0 Å². The number of nitrogens with zero attached hydrogens (tertiary/aromatic N) is 3. The van der Waals surface area contributed by atoms with Crippen molar-refractivity contribution in [2.75, 3.05) is 23.7 Å². The first kappa shape index (κ1) is 18.7.